The second kappa shape index (κ2) is 8.59. The predicted octanol–water partition coefficient (Wildman–Crippen LogP) is 4.49. The average Bonchev–Trinajstić information content (AvgIpc) is 3.11. The minimum Gasteiger partial charge on any atom is -0.494 e. The van der Waals surface area contributed by atoms with E-state index >= 15 is 0 Å². The predicted molar refractivity (Wildman–Crippen MR) is 101 cm³/mol. The molecule has 27 heavy (non-hydrogen) atoms. The van der Waals surface area contributed by atoms with Gasteiger partial charge in [-0.25, -0.2) is 13.8 Å². The van der Waals surface area contributed by atoms with Crippen molar-refractivity contribution in [2.24, 2.45) is 0 Å². The first-order valence-corrected chi connectivity index (χ1v) is 9.10. The van der Waals surface area contributed by atoms with E-state index in [1.807, 2.05) is 31.2 Å². The molecule has 2 aromatic carbocycles. The molecule has 0 aliphatic heterocycles. The van der Waals surface area contributed by atoms with E-state index in [4.69, 9.17) is 4.74 Å². The molecule has 0 saturated carbocycles. The number of rotatable bonds is 7. The van der Waals surface area contributed by atoms with E-state index in [0.29, 0.717) is 11.7 Å². The first kappa shape index (κ1) is 18.8. The minimum absolute atomic E-state index is 0.0515. The largest absolute Gasteiger partial charge is 0.494 e. The number of halogens is 2. The van der Waals surface area contributed by atoms with Crippen molar-refractivity contribution in [1.82, 2.24) is 10.3 Å². The highest BCUT2D eigenvalue weighted by Crippen LogP contribution is 2.23. The summed E-state index contributed by atoms with van der Waals surface area (Å²) in [5, 5.41) is 7.84. The maximum atomic E-state index is 13.6. The van der Waals surface area contributed by atoms with Crippen molar-refractivity contribution in [1.29, 1.82) is 0 Å². The summed E-state index contributed by atoms with van der Waals surface area (Å²) < 4.78 is 31.9. The lowest BCUT2D eigenvalue weighted by atomic mass is 10.2. The normalized spacial score (nSPS) is 10.5. The van der Waals surface area contributed by atoms with E-state index in [9.17, 15) is 13.6 Å². The maximum absolute atomic E-state index is 13.6. The molecule has 0 atom stereocenters. The average molecular weight is 389 g/mol. The Bertz CT molecular complexity index is 929. The zero-order valence-corrected chi connectivity index (χ0v) is 15.3. The third-order valence-electron chi connectivity index (χ3n) is 3.61. The third kappa shape index (κ3) is 5.01. The first-order valence-electron chi connectivity index (χ1n) is 8.22. The van der Waals surface area contributed by atoms with Crippen LogP contribution in [0, 0.1) is 11.6 Å². The quantitative estimate of drug-likeness (QED) is 0.625. The van der Waals surface area contributed by atoms with Gasteiger partial charge < -0.3 is 15.4 Å². The standard InChI is InChI=1S/C19H17F2N3O2S/c1-2-26-15-7-5-14(6-8-15)23-19-24-17(11-27-19)18(25)22-10-12-3-4-13(20)9-16(12)21/h3-9,11H,2,10H2,1H3,(H,22,25)(H,23,24). The smallest absolute Gasteiger partial charge is 0.271 e. The van der Waals surface area contributed by atoms with Crippen LogP contribution in [0.5, 0.6) is 5.75 Å². The molecule has 0 aliphatic rings. The van der Waals surface area contributed by atoms with Crippen molar-refractivity contribution in [3.8, 4) is 5.75 Å². The lowest BCUT2D eigenvalue weighted by Crippen LogP contribution is -2.23. The number of nitrogens with zero attached hydrogens (tertiary/aromatic N) is 1. The second-order valence-electron chi connectivity index (χ2n) is 5.54. The molecular formula is C19H17F2N3O2S. The minimum atomic E-state index is -0.702. The number of anilines is 2. The molecule has 0 unspecified atom stereocenters. The highest BCUT2D eigenvalue weighted by atomic mass is 32.1. The van der Waals surface area contributed by atoms with Crippen LogP contribution in [0.2, 0.25) is 0 Å². The zero-order chi connectivity index (χ0) is 19.2. The van der Waals surface area contributed by atoms with Crippen LogP contribution in [0.4, 0.5) is 19.6 Å². The van der Waals surface area contributed by atoms with E-state index in [0.717, 1.165) is 23.6 Å². The Morgan fingerprint density at radius 1 is 1.19 bits per heavy atom. The topological polar surface area (TPSA) is 63.2 Å². The Balaban J connectivity index is 1.58. The molecule has 3 rings (SSSR count). The van der Waals surface area contributed by atoms with Gasteiger partial charge in [0.15, 0.2) is 5.13 Å². The van der Waals surface area contributed by atoms with E-state index in [1.54, 1.807) is 5.38 Å². The molecule has 3 aromatic rings. The molecule has 0 radical (unpaired) electrons. The number of hydrogen-bond donors (Lipinski definition) is 2. The maximum Gasteiger partial charge on any atom is 0.271 e. The molecule has 0 spiro atoms. The Morgan fingerprint density at radius 2 is 1.96 bits per heavy atom. The summed E-state index contributed by atoms with van der Waals surface area (Å²) in [4.78, 5) is 16.4. The number of carbonyl (C=O) groups excluding carboxylic acids is 1. The molecule has 0 fully saturated rings. The van der Waals surface area contributed by atoms with Crippen LogP contribution in [0.3, 0.4) is 0 Å². The first-order chi connectivity index (χ1) is 13.0. The summed E-state index contributed by atoms with van der Waals surface area (Å²) in [6, 6.07) is 10.6. The summed E-state index contributed by atoms with van der Waals surface area (Å²) in [6.45, 7) is 2.46. The Morgan fingerprint density at radius 3 is 2.67 bits per heavy atom. The number of benzene rings is 2. The van der Waals surface area contributed by atoms with Crippen molar-refractivity contribution in [2.45, 2.75) is 13.5 Å². The fraction of sp³-hybridized carbons (Fsp3) is 0.158. The third-order valence-corrected chi connectivity index (χ3v) is 4.37. The highest BCUT2D eigenvalue weighted by molar-refractivity contribution is 7.14. The van der Waals surface area contributed by atoms with Crippen LogP contribution in [0.15, 0.2) is 47.8 Å². The molecule has 0 bridgehead atoms. The fourth-order valence-corrected chi connectivity index (χ4v) is 3.00. The lowest BCUT2D eigenvalue weighted by molar-refractivity contribution is 0.0946. The van der Waals surface area contributed by atoms with Gasteiger partial charge in [0.25, 0.3) is 5.91 Å². The molecular weight excluding hydrogens is 372 g/mol. The Hall–Kier alpha value is -3.00. The highest BCUT2D eigenvalue weighted by Gasteiger charge is 2.12. The zero-order valence-electron chi connectivity index (χ0n) is 14.5. The number of amides is 1. The monoisotopic (exact) mass is 389 g/mol. The summed E-state index contributed by atoms with van der Waals surface area (Å²) in [6.07, 6.45) is 0. The van der Waals surface area contributed by atoms with Crippen molar-refractivity contribution < 1.29 is 18.3 Å². The van der Waals surface area contributed by atoms with Gasteiger partial charge in [-0.1, -0.05) is 6.07 Å². The number of carbonyl (C=O) groups is 1. The molecule has 8 heteroatoms. The summed E-state index contributed by atoms with van der Waals surface area (Å²) in [5.41, 5.74) is 1.23. The molecule has 1 amide bonds. The van der Waals surface area contributed by atoms with Crippen LogP contribution in [-0.2, 0) is 6.54 Å². The van der Waals surface area contributed by atoms with Crippen molar-refractivity contribution >= 4 is 28.1 Å². The summed E-state index contributed by atoms with van der Waals surface area (Å²) in [5.74, 6) is -1.02. The van der Waals surface area contributed by atoms with Gasteiger partial charge in [-0.05, 0) is 37.3 Å². The molecule has 1 heterocycles. The Kier molecular flexibility index (Phi) is 5.97. The van der Waals surface area contributed by atoms with Crippen molar-refractivity contribution in [2.75, 3.05) is 11.9 Å². The SMILES string of the molecule is CCOc1ccc(Nc2nc(C(=O)NCc3ccc(F)cc3F)cs2)cc1. The van der Waals surface area contributed by atoms with Crippen molar-refractivity contribution in [3.05, 3.63) is 70.7 Å². The molecule has 2 N–H and O–H groups in total. The molecule has 5 nitrogen and oxygen atoms in total. The van der Waals surface area contributed by atoms with E-state index < -0.39 is 17.5 Å². The molecule has 0 aliphatic carbocycles. The number of ether oxygens (including phenoxy) is 1. The van der Waals surface area contributed by atoms with Crippen LogP contribution in [0.1, 0.15) is 23.0 Å². The summed E-state index contributed by atoms with van der Waals surface area (Å²) in [7, 11) is 0. The fourth-order valence-electron chi connectivity index (χ4n) is 2.29. The van der Waals surface area contributed by atoms with E-state index in [-0.39, 0.29) is 17.8 Å². The molecule has 140 valence electrons. The van der Waals surface area contributed by atoms with Gasteiger partial charge in [-0.2, -0.15) is 0 Å². The number of hydrogen-bond acceptors (Lipinski definition) is 5. The van der Waals surface area contributed by atoms with Crippen LogP contribution in [-0.4, -0.2) is 17.5 Å². The Labute approximate surface area is 159 Å². The number of thiazole rings is 1. The van der Waals surface area contributed by atoms with Gasteiger partial charge in [-0.15, -0.1) is 11.3 Å². The van der Waals surface area contributed by atoms with Gasteiger partial charge in [0.2, 0.25) is 0 Å². The van der Waals surface area contributed by atoms with Crippen LogP contribution < -0.4 is 15.4 Å². The van der Waals surface area contributed by atoms with Gasteiger partial charge in [0, 0.05) is 29.2 Å². The van der Waals surface area contributed by atoms with E-state index in [1.165, 1.54) is 17.4 Å². The lowest BCUT2D eigenvalue weighted by Gasteiger charge is -2.06. The molecule has 1 aromatic heterocycles. The number of nitrogens with one attached hydrogen (secondary N) is 2. The van der Waals surface area contributed by atoms with Gasteiger partial charge in [0.1, 0.15) is 23.1 Å². The second-order valence-corrected chi connectivity index (χ2v) is 6.40. The van der Waals surface area contributed by atoms with E-state index in [2.05, 4.69) is 15.6 Å². The van der Waals surface area contributed by atoms with Crippen molar-refractivity contribution in [3.63, 3.8) is 0 Å². The van der Waals surface area contributed by atoms with Gasteiger partial charge in [0.05, 0.1) is 6.61 Å². The van der Waals surface area contributed by atoms with Crippen LogP contribution in [0.25, 0.3) is 0 Å². The van der Waals surface area contributed by atoms with Gasteiger partial charge >= 0.3 is 0 Å². The van der Waals surface area contributed by atoms with Gasteiger partial charge in [-0.3, -0.25) is 4.79 Å². The van der Waals surface area contributed by atoms with Crippen LogP contribution >= 0.6 is 11.3 Å². The molecule has 0 saturated heterocycles. The number of aromatic nitrogens is 1. The summed E-state index contributed by atoms with van der Waals surface area (Å²) >= 11 is 1.28.